The average molecular weight is 283 g/mol. The zero-order valence-electron chi connectivity index (χ0n) is 12.0. The van der Waals surface area contributed by atoms with Gasteiger partial charge in [0.25, 0.3) is 0 Å². The van der Waals surface area contributed by atoms with Crippen LogP contribution in [-0.4, -0.2) is 10.1 Å². The maximum absolute atomic E-state index is 6.05. The van der Waals surface area contributed by atoms with Crippen LogP contribution in [0.3, 0.4) is 0 Å². The summed E-state index contributed by atoms with van der Waals surface area (Å²) in [5.74, 6) is 1.83. The fourth-order valence-electron chi connectivity index (χ4n) is 2.32. The Morgan fingerprint density at radius 2 is 2.05 bits per heavy atom. The topological polar surface area (TPSA) is 74.2 Å². The van der Waals surface area contributed by atoms with Gasteiger partial charge in [0.1, 0.15) is 5.75 Å². The standard InChI is InChI=1S/C16H17N3O2/c1-10(17)13-8-7-12-5-3-4-6-14(12)16(13)20-9-15-18-11(2)21-19-15/h3-8,10H,9,17H2,1-2H3. The lowest BCUT2D eigenvalue weighted by Crippen LogP contribution is -2.09. The largest absolute Gasteiger partial charge is 0.484 e. The van der Waals surface area contributed by atoms with Gasteiger partial charge in [0.2, 0.25) is 11.7 Å². The summed E-state index contributed by atoms with van der Waals surface area (Å²) in [7, 11) is 0. The molecular formula is C16H17N3O2. The molecule has 0 spiro atoms. The molecule has 1 aromatic heterocycles. The van der Waals surface area contributed by atoms with Crippen LogP contribution in [0.5, 0.6) is 5.75 Å². The van der Waals surface area contributed by atoms with Crippen molar-refractivity contribution in [2.75, 3.05) is 0 Å². The smallest absolute Gasteiger partial charge is 0.223 e. The molecule has 3 aromatic rings. The fraction of sp³-hybridized carbons (Fsp3) is 0.250. The quantitative estimate of drug-likeness (QED) is 0.796. The highest BCUT2D eigenvalue weighted by atomic mass is 16.5. The Bertz CT molecular complexity index is 765. The molecule has 1 heterocycles. The van der Waals surface area contributed by atoms with Crippen LogP contribution in [-0.2, 0) is 6.61 Å². The highest BCUT2D eigenvalue weighted by molar-refractivity contribution is 5.89. The number of nitrogens with two attached hydrogens (primary N) is 1. The molecule has 2 N–H and O–H groups in total. The number of rotatable bonds is 4. The second-order valence-electron chi connectivity index (χ2n) is 5.01. The first-order valence-corrected chi connectivity index (χ1v) is 6.84. The third kappa shape index (κ3) is 2.73. The Balaban J connectivity index is 1.99. The second-order valence-corrected chi connectivity index (χ2v) is 5.01. The van der Waals surface area contributed by atoms with E-state index in [-0.39, 0.29) is 12.6 Å². The van der Waals surface area contributed by atoms with Crippen molar-refractivity contribution in [1.82, 2.24) is 10.1 Å². The van der Waals surface area contributed by atoms with Gasteiger partial charge in [0.15, 0.2) is 6.61 Å². The number of aryl methyl sites for hydroxylation is 1. The Hall–Kier alpha value is -2.40. The van der Waals surface area contributed by atoms with E-state index in [1.165, 1.54) is 0 Å². The van der Waals surface area contributed by atoms with Crippen LogP contribution in [0.4, 0.5) is 0 Å². The van der Waals surface area contributed by atoms with Gasteiger partial charge in [-0.15, -0.1) is 0 Å². The second kappa shape index (κ2) is 5.54. The zero-order chi connectivity index (χ0) is 14.8. The van der Waals surface area contributed by atoms with Crippen LogP contribution in [0.1, 0.15) is 30.2 Å². The van der Waals surface area contributed by atoms with Crippen LogP contribution >= 0.6 is 0 Å². The summed E-state index contributed by atoms with van der Waals surface area (Å²) >= 11 is 0. The van der Waals surface area contributed by atoms with Crippen molar-refractivity contribution in [3.8, 4) is 5.75 Å². The number of ether oxygens (including phenoxy) is 1. The monoisotopic (exact) mass is 283 g/mol. The number of hydrogen-bond donors (Lipinski definition) is 1. The molecule has 0 aliphatic carbocycles. The van der Waals surface area contributed by atoms with Crippen molar-refractivity contribution in [3.05, 3.63) is 53.7 Å². The van der Waals surface area contributed by atoms with Gasteiger partial charge >= 0.3 is 0 Å². The predicted molar refractivity (Wildman–Crippen MR) is 79.9 cm³/mol. The molecule has 0 radical (unpaired) electrons. The molecule has 0 aliphatic heterocycles. The number of aromatic nitrogens is 2. The fourth-order valence-corrected chi connectivity index (χ4v) is 2.32. The van der Waals surface area contributed by atoms with Gasteiger partial charge in [-0.2, -0.15) is 4.98 Å². The van der Waals surface area contributed by atoms with E-state index in [2.05, 4.69) is 16.2 Å². The van der Waals surface area contributed by atoms with E-state index in [0.29, 0.717) is 11.7 Å². The molecule has 108 valence electrons. The molecule has 21 heavy (non-hydrogen) atoms. The Kier molecular flexibility index (Phi) is 3.58. The minimum atomic E-state index is -0.114. The molecule has 5 nitrogen and oxygen atoms in total. The van der Waals surface area contributed by atoms with Crippen molar-refractivity contribution in [2.24, 2.45) is 5.73 Å². The maximum Gasteiger partial charge on any atom is 0.223 e. The summed E-state index contributed by atoms with van der Waals surface area (Å²) in [6, 6.07) is 12.0. The Morgan fingerprint density at radius 1 is 1.24 bits per heavy atom. The van der Waals surface area contributed by atoms with Crippen molar-refractivity contribution in [3.63, 3.8) is 0 Å². The molecule has 5 heteroatoms. The first-order valence-electron chi connectivity index (χ1n) is 6.84. The lowest BCUT2D eigenvalue weighted by atomic mass is 10.0. The van der Waals surface area contributed by atoms with Crippen LogP contribution in [0, 0.1) is 6.92 Å². The Morgan fingerprint density at radius 3 is 2.76 bits per heavy atom. The zero-order valence-corrected chi connectivity index (χ0v) is 12.0. The number of fused-ring (bicyclic) bond motifs is 1. The molecule has 0 bridgehead atoms. The summed E-state index contributed by atoms with van der Waals surface area (Å²) < 4.78 is 10.9. The molecule has 1 unspecified atom stereocenters. The van der Waals surface area contributed by atoms with E-state index in [1.807, 2.05) is 37.3 Å². The highest BCUT2D eigenvalue weighted by Gasteiger charge is 2.13. The van der Waals surface area contributed by atoms with Crippen molar-refractivity contribution >= 4 is 10.8 Å². The SMILES string of the molecule is Cc1nc(COc2c(C(C)N)ccc3ccccc23)no1. The molecule has 0 aliphatic rings. The van der Waals surface area contributed by atoms with E-state index in [1.54, 1.807) is 6.92 Å². The molecular weight excluding hydrogens is 266 g/mol. The lowest BCUT2D eigenvalue weighted by molar-refractivity contribution is 0.285. The molecule has 3 rings (SSSR count). The molecule has 0 saturated heterocycles. The van der Waals surface area contributed by atoms with Gasteiger partial charge in [0.05, 0.1) is 0 Å². The maximum atomic E-state index is 6.05. The third-order valence-corrected chi connectivity index (χ3v) is 3.32. The average Bonchev–Trinajstić information content (AvgIpc) is 2.90. The van der Waals surface area contributed by atoms with Crippen LogP contribution < -0.4 is 10.5 Å². The first kappa shape index (κ1) is 13.6. The number of nitrogens with zero attached hydrogens (tertiary/aromatic N) is 2. The summed E-state index contributed by atoms with van der Waals surface area (Å²) in [5.41, 5.74) is 7.02. The molecule has 0 saturated carbocycles. The first-order chi connectivity index (χ1) is 10.1. The third-order valence-electron chi connectivity index (χ3n) is 3.32. The van der Waals surface area contributed by atoms with Gasteiger partial charge in [-0.05, 0) is 12.3 Å². The minimum Gasteiger partial charge on any atom is -0.484 e. The van der Waals surface area contributed by atoms with Gasteiger partial charge in [0, 0.05) is 23.9 Å². The van der Waals surface area contributed by atoms with Crippen LogP contribution in [0.25, 0.3) is 10.8 Å². The van der Waals surface area contributed by atoms with Crippen molar-refractivity contribution in [1.29, 1.82) is 0 Å². The Labute approximate surface area is 122 Å². The van der Waals surface area contributed by atoms with E-state index in [4.69, 9.17) is 15.0 Å². The van der Waals surface area contributed by atoms with E-state index < -0.39 is 0 Å². The van der Waals surface area contributed by atoms with Gasteiger partial charge in [-0.1, -0.05) is 41.6 Å². The summed E-state index contributed by atoms with van der Waals surface area (Å²) in [6.07, 6.45) is 0. The van der Waals surface area contributed by atoms with E-state index in [0.717, 1.165) is 22.1 Å². The lowest BCUT2D eigenvalue weighted by Gasteiger charge is -2.15. The van der Waals surface area contributed by atoms with Gasteiger partial charge < -0.3 is 15.0 Å². The van der Waals surface area contributed by atoms with Gasteiger partial charge in [-0.25, -0.2) is 0 Å². The summed E-state index contributed by atoms with van der Waals surface area (Å²) in [4.78, 5) is 4.15. The minimum absolute atomic E-state index is 0.114. The number of benzene rings is 2. The highest BCUT2D eigenvalue weighted by Crippen LogP contribution is 2.33. The number of hydrogen-bond acceptors (Lipinski definition) is 5. The predicted octanol–water partition coefficient (Wildman–Crippen LogP) is 3.13. The van der Waals surface area contributed by atoms with Gasteiger partial charge in [-0.3, -0.25) is 0 Å². The molecule has 0 amide bonds. The normalized spacial score (nSPS) is 12.5. The molecule has 2 aromatic carbocycles. The molecule has 1 atom stereocenters. The van der Waals surface area contributed by atoms with Crippen molar-refractivity contribution < 1.29 is 9.26 Å². The van der Waals surface area contributed by atoms with E-state index in [9.17, 15) is 0 Å². The van der Waals surface area contributed by atoms with Crippen LogP contribution in [0.2, 0.25) is 0 Å². The molecule has 0 fully saturated rings. The van der Waals surface area contributed by atoms with Crippen LogP contribution in [0.15, 0.2) is 40.9 Å². The summed E-state index contributed by atoms with van der Waals surface area (Å²) in [6.45, 7) is 3.95. The van der Waals surface area contributed by atoms with Crippen molar-refractivity contribution in [2.45, 2.75) is 26.5 Å². The summed E-state index contributed by atoms with van der Waals surface area (Å²) in [5, 5.41) is 5.99. The van der Waals surface area contributed by atoms with E-state index >= 15 is 0 Å².